The lowest BCUT2D eigenvalue weighted by molar-refractivity contribution is 0.564. The number of rotatable bonds is 1. The van der Waals surface area contributed by atoms with Gasteiger partial charge < -0.3 is 4.55 Å². The van der Waals surface area contributed by atoms with Gasteiger partial charge in [0.05, 0.1) is 5.69 Å². The van der Waals surface area contributed by atoms with Crippen molar-refractivity contribution in [1.29, 1.82) is 0 Å². The Labute approximate surface area is 71.4 Å². The normalized spacial score (nSPS) is 13.5. The first-order valence-electron chi connectivity index (χ1n) is 2.84. The van der Waals surface area contributed by atoms with E-state index in [-0.39, 0.29) is 10.0 Å². The summed E-state index contributed by atoms with van der Waals surface area (Å²) in [6, 6.07) is 0. The monoisotopic (exact) mass is 194 g/mol. The fraction of sp³-hybridized carbons (Fsp3) is 0.400. The van der Waals surface area contributed by atoms with Crippen molar-refractivity contribution >= 4 is 22.7 Å². The van der Waals surface area contributed by atoms with Crippen molar-refractivity contribution in [3.8, 4) is 0 Å². The summed E-state index contributed by atoms with van der Waals surface area (Å²) in [6.45, 7) is 1.63. The molecule has 6 heteroatoms. The molecular formula is C5H7ClN2O2S. The van der Waals surface area contributed by atoms with Gasteiger partial charge in [0.25, 0.3) is 0 Å². The largest absolute Gasteiger partial charge is 0.302 e. The summed E-state index contributed by atoms with van der Waals surface area (Å²) < 4.78 is 20.7. The predicted octanol–water partition coefficient (Wildman–Crippen LogP) is 0.963. The van der Waals surface area contributed by atoms with Crippen LogP contribution in [0.4, 0.5) is 0 Å². The Morgan fingerprint density at radius 2 is 2.27 bits per heavy atom. The van der Waals surface area contributed by atoms with E-state index in [1.54, 1.807) is 14.0 Å². The average Bonchev–Trinajstić information content (AvgIpc) is 2.07. The number of aromatic nitrogens is 2. The Bertz CT molecular complexity index is 310. The molecule has 1 unspecified atom stereocenters. The maximum Gasteiger partial charge on any atom is 0.191 e. The van der Waals surface area contributed by atoms with Gasteiger partial charge in [0, 0.05) is 7.05 Å². The van der Waals surface area contributed by atoms with Gasteiger partial charge in [0.1, 0.15) is 10.0 Å². The fourth-order valence-electron chi connectivity index (χ4n) is 0.809. The zero-order valence-corrected chi connectivity index (χ0v) is 7.61. The highest BCUT2D eigenvalue weighted by molar-refractivity contribution is 7.79. The predicted molar refractivity (Wildman–Crippen MR) is 42.0 cm³/mol. The van der Waals surface area contributed by atoms with Crippen molar-refractivity contribution < 1.29 is 8.76 Å². The molecule has 0 saturated carbocycles. The second kappa shape index (κ2) is 2.92. The van der Waals surface area contributed by atoms with E-state index < -0.39 is 11.1 Å². The van der Waals surface area contributed by atoms with Crippen LogP contribution in [0.15, 0.2) is 4.90 Å². The van der Waals surface area contributed by atoms with E-state index >= 15 is 0 Å². The summed E-state index contributed by atoms with van der Waals surface area (Å²) in [4.78, 5) is 0.189. The van der Waals surface area contributed by atoms with Gasteiger partial charge in [-0.1, -0.05) is 11.6 Å². The quantitative estimate of drug-likeness (QED) is 0.678. The van der Waals surface area contributed by atoms with Gasteiger partial charge in [0.15, 0.2) is 11.1 Å². The molecule has 11 heavy (non-hydrogen) atoms. The number of hydrogen-bond donors (Lipinski definition) is 1. The van der Waals surface area contributed by atoms with Gasteiger partial charge in [0.2, 0.25) is 0 Å². The number of aryl methyl sites for hydroxylation is 2. The van der Waals surface area contributed by atoms with Crippen molar-refractivity contribution in [3.63, 3.8) is 0 Å². The number of nitrogens with zero attached hydrogens (tertiary/aromatic N) is 2. The topological polar surface area (TPSA) is 55.1 Å². The molecular weight excluding hydrogens is 188 g/mol. The Kier molecular flexibility index (Phi) is 2.31. The Balaban J connectivity index is 3.34. The highest BCUT2D eigenvalue weighted by atomic mass is 35.5. The van der Waals surface area contributed by atoms with Crippen LogP contribution in [0.1, 0.15) is 5.69 Å². The first-order chi connectivity index (χ1) is 5.04. The van der Waals surface area contributed by atoms with Crippen LogP contribution in [-0.2, 0) is 18.1 Å². The van der Waals surface area contributed by atoms with E-state index in [1.807, 2.05) is 0 Å². The first-order valence-corrected chi connectivity index (χ1v) is 4.32. The molecule has 0 bridgehead atoms. The van der Waals surface area contributed by atoms with E-state index in [2.05, 4.69) is 5.10 Å². The van der Waals surface area contributed by atoms with Crippen LogP contribution in [0.2, 0.25) is 5.15 Å². The molecule has 0 amide bonds. The minimum Gasteiger partial charge on any atom is -0.302 e. The fourth-order valence-corrected chi connectivity index (χ4v) is 1.75. The van der Waals surface area contributed by atoms with E-state index in [9.17, 15) is 4.21 Å². The lowest BCUT2D eigenvalue weighted by atomic mass is 10.5. The van der Waals surface area contributed by atoms with Gasteiger partial charge in [-0.15, -0.1) is 0 Å². The molecule has 1 atom stereocenters. The molecule has 1 aromatic heterocycles. The maximum absolute atomic E-state index is 10.6. The van der Waals surface area contributed by atoms with E-state index in [1.165, 1.54) is 4.68 Å². The Hall–Kier alpha value is -0.390. The molecule has 0 fully saturated rings. The third kappa shape index (κ3) is 1.45. The molecule has 0 aliphatic carbocycles. The van der Waals surface area contributed by atoms with Crippen LogP contribution in [-0.4, -0.2) is 18.5 Å². The van der Waals surface area contributed by atoms with Gasteiger partial charge in [-0.2, -0.15) is 5.10 Å². The molecule has 1 rings (SSSR count). The van der Waals surface area contributed by atoms with Crippen molar-refractivity contribution in [2.45, 2.75) is 11.8 Å². The van der Waals surface area contributed by atoms with Crippen molar-refractivity contribution in [1.82, 2.24) is 9.78 Å². The Morgan fingerprint density at radius 3 is 2.45 bits per heavy atom. The van der Waals surface area contributed by atoms with Gasteiger partial charge in [-0.05, 0) is 6.92 Å². The number of halogens is 1. The third-order valence-electron chi connectivity index (χ3n) is 1.27. The molecule has 62 valence electrons. The molecule has 1 N–H and O–H groups in total. The zero-order valence-electron chi connectivity index (χ0n) is 6.04. The van der Waals surface area contributed by atoms with E-state index in [4.69, 9.17) is 16.2 Å². The van der Waals surface area contributed by atoms with Crippen LogP contribution in [0, 0.1) is 6.92 Å². The van der Waals surface area contributed by atoms with Gasteiger partial charge in [-0.25, -0.2) is 4.21 Å². The van der Waals surface area contributed by atoms with Crippen molar-refractivity contribution in [3.05, 3.63) is 10.8 Å². The SMILES string of the molecule is Cc1nn(C)c(Cl)c1S(=O)O. The highest BCUT2D eigenvalue weighted by Crippen LogP contribution is 2.20. The van der Waals surface area contributed by atoms with E-state index in [0.717, 1.165) is 0 Å². The van der Waals surface area contributed by atoms with Crippen LogP contribution in [0.3, 0.4) is 0 Å². The van der Waals surface area contributed by atoms with Gasteiger partial charge in [-0.3, -0.25) is 4.68 Å². The molecule has 0 saturated heterocycles. The maximum atomic E-state index is 10.6. The highest BCUT2D eigenvalue weighted by Gasteiger charge is 2.15. The minimum atomic E-state index is -2.05. The molecule has 1 aromatic rings. The first kappa shape index (κ1) is 8.70. The molecule has 0 aliphatic heterocycles. The molecule has 0 spiro atoms. The molecule has 1 heterocycles. The zero-order chi connectivity index (χ0) is 8.59. The number of hydrogen-bond acceptors (Lipinski definition) is 2. The third-order valence-corrected chi connectivity index (χ3v) is 2.66. The summed E-state index contributed by atoms with van der Waals surface area (Å²) in [5.41, 5.74) is 0.485. The summed E-state index contributed by atoms with van der Waals surface area (Å²) >= 11 is 3.61. The Morgan fingerprint density at radius 1 is 1.73 bits per heavy atom. The van der Waals surface area contributed by atoms with Crippen LogP contribution in [0.5, 0.6) is 0 Å². The molecule has 0 aliphatic rings. The summed E-state index contributed by atoms with van der Waals surface area (Å²) in [7, 11) is 1.62. The average molecular weight is 195 g/mol. The van der Waals surface area contributed by atoms with Crippen LogP contribution < -0.4 is 0 Å². The summed E-state index contributed by atoms with van der Waals surface area (Å²) in [6.07, 6.45) is 0. The van der Waals surface area contributed by atoms with E-state index in [0.29, 0.717) is 5.69 Å². The van der Waals surface area contributed by atoms with Crippen molar-refractivity contribution in [2.24, 2.45) is 7.05 Å². The standard InChI is InChI=1S/C5H7ClN2O2S/c1-3-4(11(9)10)5(6)8(2)7-3/h1-2H3,(H,9,10). The lowest BCUT2D eigenvalue weighted by Crippen LogP contribution is -1.90. The van der Waals surface area contributed by atoms with Crippen LogP contribution >= 0.6 is 11.6 Å². The van der Waals surface area contributed by atoms with Crippen LogP contribution in [0.25, 0.3) is 0 Å². The smallest absolute Gasteiger partial charge is 0.191 e. The van der Waals surface area contributed by atoms with Crippen molar-refractivity contribution in [2.75, 3.05) is 0 Å². The second-order valence-corrected chi connectivity index (χ2v) is 3.34. The summed E-state index contributed by atoms with van der Waals surface area (Å²) in [5, 5.41) is 4.07. The molecule has 0 radical (unpaired) electrons. The molecule has 0 aromatic carbocycles. The lowest BCUT2D eigenvalue weighted by Gasteiger charge is -1.91. The second-order valence-electron chi connectivity index (χ2n) is 2.08. The molecule has 4 nitrogen and oxygen atoms in total. The van der Waals surface area contributed by atoms with Gasteiger partial charge >= 0.3 is 0 Å². The minimum absolute atomic E-state index is 0.189. The summed E-state index contributed by atoms with van der Waals surface area (Å²) in [5.74, 6) is 0.